The number of nitrogens with one attached hydrogen (secondary N) is 4. The van der Waals surface area contributed by atoms with Crippen molar-refractivity contribution in [2.45, 2.75) is 142 Å². The van der Waals surface area contributed by atoms with Gasteiger partial charge in [-0.1, -0.05) is 156 Å². The molecule has 0 aliphatic carbocycles. The third kappa shape index (κ3) is 59.1. The minimum absolute atomic E-state index is 0.131. The molecule has 8 aliphatic heterocycles. The molecule has 116 heavy (non-hydrogen) atoms. The van der Waals surface area contributed by atoms with E-state index in [4.69, 9.17) is 48.6 Å². The van der Waals surface area contributed by atoms with Crippen LogP contribution < -0.4 is 27.0 Å². The number of aliphatic hydroxyl groups excluding tert-OH is 2. The zero-order chi connectivity index (χ0) is 85.7. The topological polar surface area (TPSA) is 200 Å². The number of aryl methyl sites for hydroxylation is 9. The summed E-state index contributed by atoms with van der Waals surface area (Å²) in [5, 5.41) is 32.3. The number of pyridine rings is 1. The first-order chi connectivity index (χ1) is 55.5. The molecule has 6 aromatic rings. The Bertz CT molecular complexity index is 3280. The average molecular weight is 1690 g/mol. The minimum Gasteiger partial charge on any atom is -0.395 e. The van der Waals surface area contributed by atoms with E-state index in [0.29, 0.717) is 54.3 Å². The number of nitrogens with two attached hydrogens (primary N) is 1. The molecule has 0 amide bonds. The van der Waals surface area contributed by atoms with E-state index in [2.05, 4.69) is 251 Å². The highest BCUT2D eigenvalue weighted by Gasteiger charge is 2.18. The molecule has 22 heteroatoms. The predicted molar refractivity (Wildman–Crippen MR) is 501 cm³/mol. The summed E-state index contributed by atoms with van der Waals surface area (Å²) >= 11 is 13.4. The number of likely N-dealkylation sites (N-methyl/N-ethyl adjacent to an activating group) is 2. The normalized spacial score (nSPS) is 17.7. The minimum atomic E-state index is -2.66. The summed E-state index contributed by atoms with van der Waals surface area (Å²) in [6.07, 6.45) is 8.98. The molecule has 8 N–H and O–H groups in total. The Morgan fingerprint density at radius 1 is 0.491 bits per heavy atom. The summed E-state index contributed by atoms with van der Waals surface area (Å²) < 4.78 is 32.0. The molecule has 18 nitrogen and oxygen atoms in total. The molecule has 0 unspecified atom stereocenters. The maximum absolute atomic E-state index is 10.8. The second kappa shape index (κ2) is 66.9. The smallest absolute Gasteiger partial charge is 0.152 e. The van der Waals surface area contributed by atoms with Crippen molar-refractivity contribution in [2.75, 3.05) is 222 Å². The van der Waals surface area contributed by atoms with Gasteiger partial charge in [0.1, 0.15) is 0 Å². The lowest BCUT2D eigenvalue weighted by Gasteiger charge is -2.26. The zero-order valence-electron chi connectivity index (χ0n) is 75.0. The van der Waals surface area contributed by atoms with Crippen molar-refractivity contribution in [1.82, 2.24) is 55.7 Å². The fourth-order valence-electron chi connectivity index (χ4n) is 12.4. The second-order valence-corrected chi connectivity index (χ2v) is 36.3. The Hall–Kier alpha value is -4.73. The molecule has 1 aromatic heterocycles. The lowest BCUT2D eigenvalue weighted by molar-refractivity contribution is 0.0342. The lowest BCUT2D eigenvalue weighted by Crippen LogP contribution is -2.40. The van der Waals surface area contributed by atoms with Crippen LogP contribution in [0, 0.1) is 81.1 Å². The van der Waals surface area contributed by atoms with E-state index in [1.807, 2.05) is 55.8 Å². The molecule has 7 fully saturated rings. The van der Waals surface area contributed by atoms with Crippen LogP contribution in [0.4, 0.5) is 0 Å². The summed E-state index contributed by atoms with van der Waals surface area (Å²) in [6, 6.07) is 41.2. The van der Waals surface area contributed by atoms with Crippen molar-refractivity contribution in [3.63, 3.8) is 0 Å². The lowest BCUT2D eigenvalue weighted by atomic mass is 10.0. The SMILES string of the molecule is CC1=CCNCC1.CC1CCNCC1.CC1CCNCC1.CN1CCNCC1.CN1CCOCC1.CN1CCS(=O)(=O)CC1.CN1CCSCC1.Cc1cc(C)nc(C)c1.Cc1cc(Cl)cc(Cl)c1.Cc1ccc(CN)cc1.Cc1cccc(C)c1C.Cc1cccc(CN(CCO)CCO)c1.Cc1cccc(CN2CCOCC2)c1. The zero-order valence-corrected chi connectivity index (χ0v) is 78.1. The average Bonchev–Trinajstić information content (AvgIpc) is 1.10. The number of morpholine rings is 2. The molecule has 0 bridgehead atoms. The van der Waals surface area contributed by atoms with Crippen molar-refractivity contribution < 1.29 is 28.1 Å². The molecule has 14 rings (SSSR count). The molecule has 656 valence electrons. The Balaban J connectivity index is 0.000000430. The summed E-state index contributed by atoms with van der Waals surface area (Å²) in [6.45, 7) is 55.4. The quantitative estimate of drug-likeness (QED) is 0.0674. The number of ether oxygens (including phenoxy) is 2. The van der Waals surface area contributed by atoms with E-state index < -0.39 is 9.84 Å². The number of benzene rings is 5. The molecule has 0 atom stereocenters. The molecular formula is C94H158Cl2N12O6S2. The van der Waals surface area contributed by atoms with Crippen LogP contribution in [0.3, 0.4) is 0 Å². The number of nitrogens with zero attached hydrogens (tertiary/aromatic N) is 7. The summed E-state index contributed by atoms with van der Waals surface area (Å²) in [5.74, 6) is 5.28. The van der Waals surface area contributed by atoms with E-state index in [1.165, 1.54) is 164 Å². The van der Waals surface area contributed by atoms with E-state index in [0.717, 1.165) is 114 Å². The number of rotatable bonds is 9. The number of piperazine rings is 1. The highest BCUT2D eigenvalue weighted by molar-refractivity contribution is 7.99. The number of hydrogen-bond acceptors (Lipinski definition) is 19. The van der Waals surface area contributed by atoms with Crippen LogP contribution in [-0.4, -0.2) is 275 Å². The van der Waals surface area contributed by atoms with E-state index >= 15 is 0 Å². The molecule has 7 saturated heterocycles. The summed E-state index contributed by atoms with van der Waals surface area (Å²) in [4.78, 5) is 17.7. The van der Waals surface area contributed by atoms with Crippen LogP contribution in [0.2, 0.25) is 10.0 Å². The van der Waals surface area contributed by atoms with Gasteiger partial charge >= 0.3 is 0 Å². The van der Waals surface area contributed by atoms with Gasteiger partial charge in [0.2, 0.25) is 0 Å². The van der Waals surface area contributed by atoms with Gasteiger partial charge in [0, 0.05) is 151 Å². The number of aliphatic hydroxyl groups is 2. The number of piperidine rings is 2. The standard InChI is InChI=1S/C12H19NO2.C12H17NO.C9H12.2C8H11N.C7H6Cl2.2C6H13N.C6H11N.C5H12N2.C5H11NO2S.C5H11NO.C5H11NS/c1-11-3-2-4-12(9-11)10-13(5-7-14)6-8-15;1-11-3-2-4-12(9-11)10-13-5-7-14-8-6-13;1-7-5-4-6-8(2)9(7)3;1-6-4-7(2)9-8(3)5-6;1-7-2-4-8(6-9)5-3-7;1-5-2-6(8)4-7(9)3-5;3*1-6-2-4-7-5-3-6;1-7-4-2-6-3-5-7;1-6-2-4-9(7,8)5-3-6;2*1-6-2-4-7-5-3-6/h2-4,9,14-15H,5-8,10H2,1H3;2-4,9H,5-8,10H2,1H3;4-6H,1-3H3;4-5H,1-3H3;2-5H,6,9H2,1H3;2-4H,1H3;2*6-7H,2-5H2,1H3;2,7H,3-5H2,1H3;6H,2-5H2,1H3;2-5H2,1H3;2*2-5H2,1H3. The third-order valence-electron chi connectivity index (χ3n) is 20.3. The van der Waals surface area contributed by atoms with Crippen molar-refractivity contribution in [3.05, 3.63) is 216 Å². The van der Waals surface area contributed by atoms with Gasteiger partial charge in [-0.05, 0) is 256 Å². The van der Waals surface area contributed by atoms with Crippen LogP contribution in [0.1, 0.15) is 125 Å². The van der Waals surface area contributed by atoms with E-state index in [1.54, 1.807) is 6.07 Å². The van der Waals surface area contributed by atoms with Gasteiger partial charge < -0.3 is 66.3 Å². The Labute approximate surface area is 720 Å². The van der Waals surface area contributed by atoms with Crippen molar-refractivity contribution >= 4 is 44.8 Å². The number of aromatic nitrogens is 1. The number of thioether (sulfide) groups is 1. The maximum Gasteiger partial charge on any atom is 0.152 e. The van der Waals surface area contributed by atoms with Crippen molar-refractivity contribution in [3.8, 4) is 0 Å². The summed E-state index contributed by atoms with van der Waals surface area (Å²) in [5.41, 5.74) is 23.4. The van der Waals surface area contributed by atoms with Gasteiger partial charge in [-0.25, -0.2) is 8.42 Å². The molecule has 0 spiro atoms. The van der Waals surface area contributed by atoms with Crippen LogP contribution in [0.5, 0.6) is 0 Å². The molecule has 0 saturated carbocycles. The number of halogens is 2. The van der Waals surface area contributed by atoms with Crippen LogP contribution in [-0.2, 0) is 38.9 Å². The fourth-order valence-corrected chi connectivity index (χ4v) is 15.5. The highest BCUT2D eigenvalue weighted by Crippen LogP contribution is 2.19. The van der Waals surface area contributed by atoms with E-state index in [-0.39, 0.29) is 13.2 Å². The van der Waals surface area contributed by atoms with Gasteiger partial charge in [-0.2, -0.15) is 11.8 Å². The van der Waals surface area contributed by atoms with Gasteiger partial charge in [0.05, 0.1) is 51.1 Å². The Morgan fingerprint density at radius 3 is 1.28 bits per heavy atom. The number of hydrogen-bond donors (Lipinski definition) is 7. The van der Waals surface area contributed by atoms with E-state index in [9.17, 15) is 8.42 Å². The summed E-state index contributed by atoms with van der Waals surface area (Å²) in [7, 11) is 5.73. The molecule has 8 aliphatic rings. The Morgan fingerprint density at radius 2 is 0.931 bits per heavy atom. The second-order valence-electron chi connectivity index (χ2n) is 31.9. The fraction of sp³-hybridized carbons (Fsp3) is 0.606. The van der Waals surface area contributed by atoms with Crippen molar-refractivity contribution in [2.24, 2.45) is 17.6 Å². The molecule has 0 radical (unpaired) electrons. The van der Waals surface area contributed by atoms with Crippen molar-refractivity contribution in [1.29, 1.82) is 0 Å². The van der Waals surface area contributed by atoms with Gasteiger partial charge in [-0.3, -0.25) is 14.8 Å². The maximum atomic E-state index is 10.8. The predicted octanol–water partition coefficient (Wildman–Crippen LogP) is 14.4. The largest absolute Gasteiger partial charge is 0.395 e. The molecule has 9 heterocycles. The van der Waals surface area contributed by atoms with Crippen LogP contribution >= 0.6 is 35.0 Å². The monoisotopic (exact) mass is 1690 g/mol. The van der Waals surface area contributed by atoms with Gasteiger partial charge in [0.25, 0.3) is 0 Å². The first kappa shape index (κ1) is 107. The highest BCUT2D eigenvalue weighted by atomic mass is 35.5. The van der Waals surface area contributed by atoms with Gasteiger partial charge in [-0.15, -0.1) is 0 Å². The number of sulfone groups is 1. The Kier molecular flexibility index (Phi) is 61.9. The first-order valence-electron chi connectivity index (χ1n) is 42.5. The molecular weight excluding hydrogens is 1530 g/mol. The molecule has 5 aromatic carbocycles. The first-order valence-corrected chi connectivity index (χ1v) is 46.3. The van der Waals surface area contributed by atoms with Crippen LogP contribution in [0.25, 0.3) is 0 Å². The van der Waals surface area contributed by atoms with Crippen LogP contribution in [0.15, 0.2) is 133 Å². The third-order valence-corrected chi connectivity index (χ3v) is 23.3. The van der Waals surface area contributed by atoms with Gasteiger partial charge in [0.15, 0.2) is 9.84 Å².